The zero-order valence-electron chi connectivity index (χ0n) is 42.9. The van der Waals surface area contributed by atoms with E-state index in [-0.39, 0.29) is 63.2 Å². The highest BCUT2D eigenvalue weighted by molar-refractivity contribution is 5.82. The zero-order valence-corrected chi connectivity index (χ0v) is 42.9. The number of fused-ring (bicyclic) bond motifs is 1. The van der Waals surface area contributed by atoms with E-state index in [0.717, 1.165) is 12.2 Å². The Kier molecular flexibility index (Phi) is 21.5. The first-order chi connectivity index (χ1) is 37.1. The fourth-order valence-corrected chi connectivity index (χ4v) is 12.2. The summed E-state index contributed by atoms with van der Waals surface area (Å²) < 4.78 is 53.8. The Morgan fingerprint density at radius 1 is 0.423 bits per heavy atom. The number of carbonyl (C=O) groups excluding carboxylic acids is 2. The van der Waals surface area contributed by atoms with Gasteiger partial charge in [0, 0.05) is 24.5 Å². The summed E-state index contributed by atoms with van der Waals surface area (Å²) in [5.74, 6) is -3.41. The average Bonchev–Trinajstić information content (AvgIpc) is 3.54. The Morgan fingerprint density at radius 2 is 0.872 bits per heavy atom. The SMILES string of the molecule is O=C(C=CC1CCC(O)C(O)C1)OCC1OC(OC2CC(C3OC4CC(O)CC(OC5OC(COC(=O)C=CC6CCC(O)C(O)C6)C(O)C(O)C5O)C4CC3OC3OC(CO)C(O)C(O)C3O)CCC2O)C(O)C(O)C1O. The van der Waals surface area contributed by atoms with Gasteiger partial charge in [-0.15, -0.1) is 0 Å². The van der Waals surface area contributed by atoms with Gasteiger partial charge < -0.3 is 124 Å². The molecule has 0 bridgehead atoms. The van der Waals surface area contributed by atoms with Gasteiger partial charge in [-0.1, -0.05) is 12.2 Å². The molecule has 0 aromatic heterocycles. The number of carbonyl (C=O) groups is 2. The molecule has 4 saturated carbocycles. The minimum absolute atomic E-state index is 0.0134. The third kappa shape index (κ3) is 14.6. The number of aliphatic hydroxyl groups is 16. The fourth-order valence-electron chi connectivity index (χ4n) is 12.2. The predicted octanol–water partition coefficient (Wildman–Crippen LogP) is -6.11. The third-order valence-electron chi connectivity index (χ3n) is 17.0. The molecule has 8 fully saturated rings. The molecule has 30 unspecified atom stereocenters. The van der Waals surface area contributed by atoms with E-state index in [1.54, 1.807) is 0 Å². The largest absolute Gasteiger partial charge is 0.460 e. The van der Waals surface area contributed by atoms with E-state index >= 15 is 0 Å². The number of aliphatic hydroxyl groups excluding tert-OH is 16. The van der Waals surface area contributed by atoms with Crippen LogP contribution in [0.25, 0.3) is 0 Å². The molecule has 0 aromatic rings. The molecule has 8 rings (SSSR count). The maximum Gasteiger partial charge on any atom is 0.330 e. The van der Waals surface area contributed by atoms with Gasteiger partial charge in [-0.25, -0.2) is 9.59 Å². The molecule has 0 aromatic carbocycles. The Bertz CT molecular complexity index is 1980. The summed E-state index contributed by atoms with van der Waals surface area (Å²) >= 11 is 0. The van der Waals surface area contributed by atoms with Crippen molar-refractivity contribution < 1.29 is 134 Å². The van der Waals surface area contributed by atoms with Crippen LogP contribution in [-0.2, 0) is 52.2 Å². The highest BCUT2D eigenvalue weighted by Crippen LogP contribution is 2.46. The predicted molar refractivity (Wildman–Crippen MR) is 256 cm³/mol. The van der Waals surface area contributed by atoms with E-state index in [0.29, 0.717) is 25.7 Å². The van der Waals surface area contributed by atoms with Crippen LogP contribution >= 0.6 is 0 Å². The topological polar surface area (TPSA) is 441 Å². The van der Waals surface area contributed by atoms with Crippen LogP contribution in [0.2, 0.25) is 0 Å². The molecule has 30 atom stereocenters. The highest BCUT2D eigenvalue weighted by atomic mass is 16.7. The molecule has 16 N–H and O–H groups in total. The minimum atomic E-state index is -1.86. The minimum Gasteiger partial charge on any atom is -0.460 e. The van der Waals surface area contributed by atoms with Gasteiger partial charge in [0.05, 0.1) is 73.8 Å². The number of esters is 2. The lowest BCUT2D eigenvalue weighted by atomic mass is 9.72. The number of allylic oxidation sites excluding steroid dienone is 2. The monoisotopic (exact) mass is 1120 g/mol. The van der Waals surface area contributed by atoms with Gasteiger partial charge in [0.2, 0.25) is 0 Å². The van der Waals surface area contributed by atoms with Crippen LogP contribution in [0.3, 0.4) is 0 Å². The summed E-state index contributed by atoms with van der Waals surface area (Å²) in [7, 11) is 0. The average molecular weight is 1130 g/mol. The van der Waals surface area contributed by atoms with Gasteiger partial charge in [-0.3, -0.25) is 0 Å². The van der Waals surface area contributed by atoms with Crippen LogP contribution in [-0.4, -0.2) is 273 Å². The Balaban J connectivity index is 0.945. The van der Waals surface area contributed by atoms with Crippen LogP contribution in [0.5, 0.6) is 0 Å². The van der Waals surface area contributed by atoms with E-state index < -0.39 is 203 Å². The molecule has 4 aliphatic heterocycles. The Hall–Kier alpha value is -2.50. The lowest BCUT2D eigenvalue weighted by molar-refractivity contribution is -0.346. The maximum atomic E-state index is 12.7. The lowest BCUT2D eigenvalue weighted by Crippen LogP contribution is -2.63. The summed E-state index contributed by atoms with van der Waals surface area (Å²) in [5, 5.41) is 170. The summed E-state index contributed by atoms with van der Waals surface area (Å²) in [5.41, 5.74) is 0. The van der Waals surface area contributed by atoms with Crippen molar-refractivity contribution in [2.75, 3.05) is 19.8 Å². The molecule has 0 radical (unpaired) electrons. The number of hydrogen-bond donors (Lipinski definition) is 16. The third-order valence-corrected chi connectivity index (χ3v) is 17.0. The quantitative estimate of drug-likeness (QED) is 0.0505. The Labute approximate surface area is 449 Å². The normalized spacial score (nSPS) is 49.5. The first-order valence-corrected chi connectivity index (χ1v) is 27.2. The molecular formula is C51H80O27. The maximum absolute atomic E-state index is 12.7. The van der Waals surface area contributed by atoms with Gasteiger partial charge in [-0.2, -0.15) is 0 Å². The molecule has 27 heteroatoms. The summed E-state index contributed by atoms with van der Waals surface area (Å²) in [4.78, 5) is 25.4. The molecule has 8 aliphatic rings. The molecule has 4 heterocycles. The molecular weight excluding hydrogens is 1040 g/mol. The molecule has 0 spiro atoms. The van der Waals surface area contributed by atoms with Gasteiger partial charge in [0.1, 0.15) is 86.5 Å². The molecule has 446 valence electrons. The van der Waals surface area contributed by atoms with Crippen LogP contribution < -0.4 is 0 Å². The standard InChI is InChI=1S/C51H80O27/c52-17-34-39(61)42(64)45(67)51(76-34)75-33-16-24-30(14-23(53)15-31(24)73-49-46(68)43(65)40(62)35(77-49)18-70-37(59)9-3-20-1-6-25(54)28(57)11-20)72-48(33)22-5-8-27(56)32(13-22)74-50-47(69)44(66)41(63)36(78-50)19-71-38(60)10-4-21-2-7-26(55)29(58)12-21/h3-4,9-10,20-36,39-58,61-69H,1-2,5-8,11-19H2. The van der Waals surface area contributed by atoms with Crippen LogP contribution in [0.1, 0.15) is 77.0 Å². The van der Waals surface area contributed by atoms with Gasteiger partial charge in [0.25, 0.3) is 0 Å². The smallest absolute Gasteiger partial charge is 0.330 e. The highest BCUT2D eigenvalue weighted by Gasteiger charge is 2.55. The van der Waals surface area contributed by atoms with Crippen molar-refractivity contribution in [1.29, 1.82) is 0 Å². The molecule has 0 amide bonds. The van der Waals surface area contributed by atoms with Crippen molar-refractivity contribution in [1.82, 2.24) is 0 Å². The Morgan fingerprint density at radius 3 is 1.36 bits per heavy atom. The fraction of sp³-hybridized carbons (Fsp3) is 0.882. The lowest BCUT2D eigenvalue weighted by Gasteiger charge is -2.53. The van der Waals surface area contributed by atoms with Crippen LogP contribution in [0.15, 0.2) is 24.3 Å². The van der Waals surface area contributed by atoms with Crippen molar-refractivity contribution >= 4 is 11.9 Å². The first-order valence-electron chi connectivity index (χ1n) is 27.2. The van der Waals surface area contributed by atoms with Crippen molar-refractivity contribution in [3.63, 3.8) is 0 Å². The molecule has 27 nitrogen and oxygen atoms in total. The summed E-state index contributed by atoms with van der Waals surface area (Å²) in [6, 6.07) is 0. The number of hydrogen-bond acceptors (Lipinski definition) is 27. The van der Waals surface area contributed by atoms with Crippen LogP contribution in [0, 0.1) is 23.7 Å². The van der Waals surface area contributed by atoms with Gasteiger partial charge >= 0.3 is 11.9 Å². The zero-order chi connectivity index (χ0) is 56.3. The van der Waals surface area contributed by atoms with Crippen molar-refractivity contribution in [3.8, 4) is 0 Å². The van der Waals surface area contributed by atoms with E-state index in [4.69, 9.17) is 42.6 Å². The number of ether oxygens (including phenoxy) is 9. The number of rotatable bonds is 16. The van der Waals surface area contributed by atoms with Crippen LogP contribution in [0.4, 0.5) is 0 Å². The van der Waals surface area contributed by atoms with Crippen molar-refractivity contribution in [2.24, 2.45) is 23.7 Å². The van der Waals surface area contributed by atoms with Gasteiger partial charge in [0.15, 0.2) is 18.9 Å². The second kappa shape index (κ2) is 27.3. The van der Waals surface area contributed by atoms with E-state index in [1.165, 1.54) is 12.2 Å². The summed E-state index contributed by atoms with van der Waals surface area (Å²) in [6.45, 7) is -1.96. The molecule has 4 saturated heterocycles. The van der Waals surface area contributed by atoms with Crippen molar-refractivity contribution in [3.05, 3.63) is 24.3 Å². The molecule has 4 aliphatic carbocycles. The second-order valence-electron chi connectivity index (χ2n) is 22.4. The second-order valence-corrected chi connectivity index (χ2v) is 22.4. The van der Waals surface area contributed by atoms with E-state index in [2.05, 4.69) is 0 Å². The summed E-state index contributed by atoms with van der Waals surface area (Å²) in [6.07, 6.45) is -28.8. The van der Waals surface area contributed by atoms with E-state index in [1.807, 2.05) is 0 Å². The van der Waals surface area contributed by atoms with Gasteiger partial charge in [-0.05, 0) is 88.4 Å². The first kappa shape index (κ1) is 61.6. The van der Waals surface area contributed by atoms with Crippen molar-refractivity contribution in [2.45, 2.75) is 236 Å². The molecule has 78 heavy (non-hydrogen) atoms. The van der Waals surface area contributed by atoms with E-state index in [9.17, 15) is 91.3 Å².